The molecule has 1 heterocycles. The third-order valence-electron chi connectivity index (χ3n) is 3.91. The summed E-state index contributed by atoms with van der Waals surface area (Å²) in [6, 6.07) is 6.79. The predicted octanol–water partition coefficient (Wildman–Crippen LogP) is 3.17. The van der Waals surface area contributed by atoms with Gasteiger partial charge in [-0.15, -0.1) is 0 Å². The maximum Gasteiger partial charge on any atom is 0.297 e. The molecule has 0 spiro atoms. The largest absolute Gasteiger partial charge is 0.405 e. The van der Waals surface area contributed by atoms with Gasteiger partial charge in [0.1, 0.15) is 0 Å². The Kier molecular flexibility index (Phi) is 7.18. The Morgan fingerprint density at radius 1 is 1.34 bits per heavy atom. The van der Waals surface area contributed by atoms with Gasteiger partial charge in [0.25, 0.3) is 15.1 Å². The number of nitrogens with zero attached hydrogens (tertiary/aromatic N) is 1. The Labute approximate surface area is 170 Å². The normalized spacial score (nSPS) is 13.1. The summed E-state index contributed by atoms with van der Waals surface area (Å²) < 4.78 is 27.6. The van der Waals surface area contributed by atoms with Crippen LogP contribution in [-0.2, 0) is 14.9 Å². The molecule has 0 radical (unpaired) electrons. The second kappa shape index (κ2) is 9.58. The monoisotopic (exact) mass is 413 g/mol. The van der Waals surface area contributed by atoms with Crippen molar-refractivity contribution in [2.75, 3.05) is 4.72 Å². The standard InChI is InChI=1S/C20H23N5O3S/c1-4-7-15(10-11-21)18-13-23-24-19(18)16-8-6-9-17(12-16)25-29(26,27)20(28-22)14(3)5-2/h4-13,25H,1-2,21-22H2,3H3,(H,23,24)/b11-10-,15-7+,20-14+. The molecule has 29 heavy (non-hydrogen) atoms. The number of hydrogen-bond acceptors (Lipinski definition) is 6. The zero-order valence-electron chi connectivity index (χ0n) is 15.9. The molecule has 0 atom stereocenters. The highest BCUT2D eigenvalue weighted by Crippen LogP contribution is 2.30. The lowest BCUT2D eigenvalue weighted by Crippen LogP contribution is -2.20. The highest BCUT2D eigenvalue weighted by molar-refractivity contribution is 7.96. The van der Waals surface area contributed by atoms with Gasteiger partial charge >= 0.3 is 0 Å². The first-order valence-electron chi connectivity index (χ1n) is 8.46. The van der Waals surface area contributed by atoms with Gasteiger partial charge in [0.05, 0.1) is 11.9 Å². The lowest BCUT2D eigenvalue weighted by Gasteiger charge is -2.12. The average molecular weight is 414 g/mol. The van der Waals surface area contributed by atoms with Crippen molar-refractivity contribution in [3.05, 3.63) is 90.4 Å². The number of aromatic nitrogens is 2. The Morgan fingerprint density at radius 2 is 2.10 bits per heavy atom. The van der Waals surface area contributed by atoms with E-state index in [1.54, 1.807) is 42.6 Å². The Balaban J connectivity index is 2.47. The van der Waals surface area contributed by atoms with Crippen LogP contribution >= 0.6 is 0 Å². The Hall–Kier alpha value is -3.56. The molecule has 0 aliphatic heterocycles. The number of nitrogens with one attached hydrogen (secondary N) is 2. The van der Waals surface area contributed by atoms with Gasteiger partial charge < -0.3 is 10.6 Å². The van der Waals surface area contributed by atoms with Gasteiger partial charge in [-0.05, 0) is 36.9 Å². The van der Waals surface area contributed by atoms with Crippen molar-refractivity contribution in [1.29, 1.82) is 0 Å². The molecule has 1 aromatic carbocycles. The van der Waals surface area contributed by atoms with Gasteiger partial charge in [-0.25, -0.2) is 0 Å². The third kappa shape index (κ3) is 5.03. The summed E-state index contributed by atoms with van der Waals surface area (Å²) >= 11 is 0. The fourth-order valence-corrected chi connectivity index (χ4v) is 3.75. The van der Waals surface area contributed by atoms with Gasteiger partial charge in [-0.1, -0.05) is 43.5 Å². The first-order valence-corrected chi connectivity index (χ1v) is 9.94. The summed E-state index contributed by atoms with van der Waals surface area (Å²) in [6.45, 7) is 8.76. The minimum atomic E-state index is -4.03. The summed E-state index contributed by atoms with van der Waals surface area (Å²) in [7, 11) is -4.03. The molecule has 0 fully saturated rings. The molecular formula is C20H23N5O3S. The predicted molar refractivity (Wildman–Crippen MR) is 116 cm³/mol. The smallest absolute Gasteiger partial charge is 0.297 e. The Morgan fingerprint density at radius 3 is 2.72 bits per heavy atom. The SMILES string of the molecule is C=C/C=C(\C=C/N)c1cn[nH]c1-c1cccc(NS(=O)(=O)/C(ON)=C(\C)C=C)c1. The summed E-state index contributed by atoms with van der Waals surface area (Å²) in [5.41, 5.74) is 9.09. The number of benzene rings is 1. The van der Waals surface area contributed by atoms with E-state index in [1.165, 1.54) is 19.2 Å². The van der Waals surface area contributed by atoms with Crippen molar-refractivity contribution < 1.29 is 13.3 Å². The molecule has 0 saturated carbocycles. The molecule has 0 aliphatic rings. The van der Waals surface area contributed by atoms with Crippen LogP contribution in [-0.4, -0.2) is 18.6 Å². The highest BCUT2D eigenvalue weighted by atomic mass is 32.2. The topological polar surface area (TPSA) is 136 Å². The number of anilines is 1. The minimum absolute atomic E-state index is 0.278. The Bertz CT molecular complexity index is 1090. The van der Waals surface area contributed by atoms with Crippen LogP contribution in [0.4, 0.5) is 5.69 Å². The molecule has 1 aromatic heterocycles. The first kappa shape index (κ1) is 21.7. The van der Waals surface area contributed by atoms with E-state index in [9.17, 15) is 8.42 Å². The van der Waals surface area contributed by atoms with E-state index < -0.39 is 15.1 Å². The molecule has 2 rings (SSSR count). The number of H-pyrrole nitrogens is 1. The van der Waals surface area contributed by atoms with Gasteiger partial charge in [-0.3, -0.25) is 9.82 Å². The molecule has 6 N–H and O–H groups in total. The molecule has 8 nitrogen and oxygen atoms in total. The second-order valence-electron chi connectivity index (χ2n) is 5.85. The van der Waals surface area contributed by atoms with E-state index in [2.05, 4.69) is 32.9 Å². The maximum absolute atomic E-state index is 12.6. The van der Waals surface area contributed by atoms with Crippen LogP contribution in [0.15, 0.2) is 84.8 Å². The number of nitrogens with two attached hydrogens (primary N) is 2. The van der Waals surface area contributed by atoms with E-state index in [0.29, 0.717) is 16.9 Å². The number of rotatable bonds is 9. The second-order valence-corrected chi connectivity index (χ2v) is 7.44. The first-order chi connectivity index (χ1) is 13.9. The molecular weight excluding hydrogens is 390 g/mol. The molecule has 152 valence electrons. The zero-order chi connectivity index (χ0) is 21.4. The van der Waals surface area contributed by atoms with Crippen molar-refractivity contribution >= 4 is 21.3 Å². The molecule has 0 unspecified atom stereocenters. The van der Waals surface area contributed by atoms with E-state index in [-0.39, 0.29) is 5.57 Å². The van der Waals surface area contributed by atoms with E-state index in [0.717, 1.165) is 11.1 Å². The van der Waals surface area contributed by atoms with Gasteiger partial charge in [0.2, 0.25) is 0 Å². The molecule has 0 saturated heterocycles. The van der Waals surface area contributed by atoms with E-state index >= 15 is 0 Å². The maximum atomic E-state index is 12.6. The van der Waals surface area contributed by atoms with Crippen LogP contribution < -0.4 is 16.4 Å². The van der Waals surface area contributed by atoms with Gasteiger partial charge in [0, 0.05) is 22.4 Å². The molecule has 9 heteroatoms. The van der Waals surface area contributed by atoms with Gasteiger partial charge in [-0.2, -0.15) is 19.4 Å². The molecule has 2 aromatic rings. The van der Waals surface area contributed by atoms with Crippen LogP contribution in [0.2, 0.25) is 0 Å². The number of allylic oxidation sites excluding steroid dienone is 6. The van der Waals surface area contributed by atoms with Crippen LogP contribution in [0, 0.1) is 0 Å². The molecule has 0 bridgehead atoms. The highest BCUT2D eigenvalue weighted by Gasteiger charge is 2.22. The van der Waals surface area contributed by atoms with Crippen molar-refractivity contribution in [2.24, 2.45) is 11.6 Å². The summed E-state index contributed by atoms with van der Waals surface area (Å²) in [4.78, 5) is 4.55. The lowest BCUT2D eigenvalue weighted by atomic mass is 10.0. The summed E-state index contributed by atoms with van der Waals surface area (Å²) in [5, 5.41) is 6.61. The average Bonchev–Trinajstić information content (AvgIpc) is 3.17. The fraction of sp³-hybridized carbons (Fsp3) is 0.0500. The van der Waals surface area contributed by atoms with Crippen LogP contribution in [0.1, 0.15) is 12.5 Å². The van der Waals surface area contributed by atoms with Crippen LogP contribution in [0.3, 0.4) is 0 Å². The van der Waals surface area contributed by atoms with E-state index in [4.69, 9.17) is 11.6 Å². The van der Waals surface area contributed by atoms with Crippen molar-refractivity contribution in [1.82, 2.24) is 10.2 Å². The van der Waals surface area contributed by atoms with Crippen molar-refractivity contribution in [3.8, 4) is 11.3 Å². The van der Waals surface area contributed by atoms with Crippen LogP contribution in [0.5, 0.6) is 0 Å². The summed E-state index contributed by atoms with van der Waals surface area (Å²) in [5.74, 6) is 5.14. The van der Waals surface area contributed by atoms with Crippen LogP contribution in [0.25, 0.3) is 16.8 Å². The van der Waals surface area contributed by atoms with Crippen molar-refractivity contribution in [3.63, 3.8) is 0 Å². The number of hydrogen-bond donors (Lipinski definition) is 4. The molecule has 0 aliphatic carbocycles. The van der Waals surface area contributed by atoms with E-state index in [1.807, 2.05) is 6.07 Å². The minimum Gasteiger partial charge on any atom is -0.405 e. The van der Waals surface area contributed by atoms with Gasteiger partial charge in [0.15, 0.2) is 0 Å². The summed E-state index contributed by atoms with van der Waals surface area (Å²) in [6.07, 6.45) is 9.55. The molecule has 0 amide bonds. The third-order valence-corrected chi connectivity index (χ3v) is 5.32. The fourth-order valence-electron chi connectivity index (χ4n) is 2.58. The quantitative estimate of drug-likeness (QED) is 0.283. The number of sulfonamides is 1. The lowest BCUT2D eigenvalue weighted by molar-refractivity contribution is 0.242. The zero-order valence-corrected chi connectivity index (χ0v) is 16.7. The number of aromatic amines is 1. The van der Waals surface area contributed by atoms with Crippen molar-refractivity contribution in [2.45, 2.75) is 6.92 Å².